The maximum Gasteiger partial charge on any atom is 0.265 e. The van der Waals surface area contributed by atoms with Crippen LogP contribution in [0.1, 0.15) is 18.1 Å². The van der Waals surface area contributed by atoms with E-state index in [4.69, 9.17) is 10.00 Å². The van der Waals surface area contributed by atoms with Gasteiger partial charge in [-0.15, -0.1) is 0 Å². The number of nitriles is 1. The summed E-state index contributed by atoms with van der Waals surface area (Å²) >= 11 is 0. The Morgan fingerprint density at radius 1 is 1.19 bits per heavy atom. The van der Waals surface area contributed by atoms with Gasteiger partial charge in [-0.1, -0.05) is 18.2 Å². The van der Waals surface area contributed by atoms with Gasteiger partial charge in [0.1, 0.15) is 5.75 Å². The number of carbonyl (C=O) groups is 1. The topological polar surface area (TPSA) is 62.1 Å². The third kappa shape index (κ3) is 3.83. The molecular formula is C17H16N2O2. The van der Waals surface area contributed by atoms with Crippen LogP contribution in [0.2, 0.25) is 0 Å². The third-order valence-corrected chi connectivity index (χ3v) is 3.05. The lowest BCUT2D eigenvalue weighted by Crippen LogP contribution is -2.30. The van der Waals surface area contributed by atoms with Crippen LogP contribution in [0.25, 0.3) is 0 Å². The van der Waals surface area contributed by atoms with Gasteiger partial charge >= 0.3 is 0 Å². The summed E-state index contributed by atoms with van der Waals surface area (Å²) in [7, 11) is 0. The van der Waals surface area contributed by atoms with Crippen LogP contribution in [-0.4, -0.2) is 12.0 Å². The predicted molar refractivity (Wildman–Crippen MR) is 81.1 cm³/mol. The van der Waals surface area contributed by atoms with E-state index >= 15 is 0 Å². The standard InChI is InChI=1S/C17H16N2O2/c1-12-5-3-4-6-16(12)21-13(2)17(20)19-15-9-7-14(11-18)8-10-15/h3-10,13H,1-2H3,(H,19,20). The van der Waals surface area contributed by atoms with E-state index in [9.17, 15) is 4.79 Å². The quantitative estimate of drug-likeness (QED) is 0.935. The van der Waals surface area contributed by atoms with Gasteiger partial charge in [0, 0.05) is 5.69 Å². The van der Waals surface area contributed by atoms with Gasteiger partial charge in [0.05, 0.1) is 11.6 Å². The van der Waals surface area contributed by atoms with Crippen LogP contribution in [0.5, 0.6) is 5.75 Å². The number of anilines is 1. The second-order valence-corrected chi connectivity index (χ2v) is 4.70. The number of carbonyl (C=O) groups excluding carboxylic acids is 1. The van der Waals surface area contributed by atoms with Crippen molar-refractivity contribution in [1.82, 2.24) is 0 Å². The Morgan fingerprint density at radius 3 is 2.48 bits per heavy atom. The lowest BCUT2D eigenvalue weighted by atomic mass is 10.2. The van der Waals surface area contributed by atoms with Crippen molar-refractivity contribution in [2.45, 2.75) is 20.0 Å². The number of benzene rings is 2. The van der Waals surface area contributed by atoms with Crippen molar-refractivity contribution in [3.63, 3.8) is 0 Å². The van der Waals surface area contributed by atoms with Crippen LogP contribution in [-0.2, 0) is 4.79 Å². The molecule has 1 amide bonds. The minimum atomic E-state index is -0.609. The molecule has 0 radical (unpaired) electrons. The van der Waals surface area contributed by atoms with Crippen molar-refractivity contribution >= 4 is 11.6 Å². The van der Waals surface area contributed by atoms with Crippen molar-refractivity contribution in [2.24, 2.45) is 0 Å². The van der Waals surface area contributed by atoms with Gasteiger partial charge in [-0.05, 0) is 49.7 Å². The normalized spacial score (nSPS) is 11.3. The summed E-state index contributed by atoms with van der Waals surface area (Å²) in [5, 5.41) is 11.5. The van der Waals surface area contributed by atoms with Crippen LogP contribution in [0.4, 0.5) is 5.69 Å². The van der Waals surface area contributed by atoms with Crippen molar-refractivity contribution in [3.05, 3.63) is 59.7 Å². The zero-order chi connectivity index (χ0) is 15.2. The SMILES string of the molecule is Cc1ccccc1OC(C)C(=O)Nc1ccc(C#N)cc1. The average Bonchev–Trinajstić information content (AvgIpc) is 2.50. The molecule has 1 N–H and O–H groups in total. The molecule has 1 unspecified atom stereocenters. The first-order valence-electron chi connectivity index (χ1n) is 6.63. The summed E-state index contributed by atoms with van der Waals surface area (Å²) in [6, 6.07) is 16.3. The molecule has 0 heterocycles. The molecule has 0 saturated heterocycles. The van der Waals surface area contributed by atoms with Gasteiger partial charge in [0.25, 0.3) is 5.91 Å². The highest BCUT2D eigenvalue weighted by atomic mass is 16.5. The largest absolute Gasteiger partial charge is 0.481 e. The second-order valence-electron chi connectivity index (χ2n) is 4.70. The van der Waals surface area contributed by atoms with Crippen LogP contribution in [0, 0.1) is 18.3 Å². The number of hydrogen-bond acceptors (Lipinski definition) is 3. The molecule has 2 aromatic carbocycles. The number of aryl methyl sites for hydroxylation is 1. The molecule has 1 atom stereocenters. The van der Waals surface area contributed by atoms with E-state index in [2.05, 4.69) is 5.32 Å². The molecule has 0 aliphatic carbocycles. The molecule has 0 bridgehead atoms. The molecule has 0 spiro atoms. The first-order valence-corrected chi connectivity index (χ1v) is 6.63. The molecule has 2 aromatic rings. The molecule has 0 fully saturated rings. The molecule has 4 heteroatoms. The maximum absolute atomic E-state index is 12.1. The highest BCUT2D eigenvalue weighted by molar-refractivity contribution is 5.94. The molecule has 0 aliphatic rings. The average molecular weight is 280 g/mol. The van der Waals surface area contributed by atoms with Crippen molar-refractivity contribution in [3.8, 4) is 11.8 Å². The first kappa shape index (κ1) is 14.6. The van der Waals surface area contributed by atoms with E-state index in [1.165, 1.54) is 0 Å². The fourth-order valence-corrected chi connectivity index (χ4v) is 1.80. The summed E-state index contributed by atoms with van der Waals surface area (Å²) in [4.78, 5) is 12.1. The van der Waals surface area contributed by atoms with Gasteiger partial charge in [-0.2, -0.15) is 5.26 Å². The monoisotopic (exact) mass is 280 g/mol. The summed E-state index contributed by atoms with van der Waals surface area (Å²) in [6.07, 6.45) is -0.609. The zero-order valence-electron chi connectivity index (χ0n) is 12.0. The molecule has 0 aromatic heterocycles. The third-order valence-electron chi connectivity index (χ3n) is 3.05. The number of para-hydroxylation sites is 1. The minimum Gasteiger partial charge on any atom is -0.481 e. The zero-order valence-corrected chi connectivity index (χ0v) is 12.0. The van der Waals surface area contributed by atoms with E-state index in [-0.39, 0.29) is 5.91 Å². The summed E-state index contributed by atoms with van der Waals surface area (Å²) in [5.41, 5.74) is 2.17. The molecular weight excluding hydrogens is 264 g/mol. The molecule has 106 valence electrons. The maximum atomic E-state index is 12.1. The van der Waals surface area contributed by atoms with Gasteiger partial charge in [0.2, 0.25) is 0 Å². The van der Waals surface area contributed by atoms with Crippen LogP contribution >= 0.6 is 0 Å². The molecule has 2 rings (SSSR count). The Hall–Kier alpha value is -2.80. The van der Waals surface area contributed by atoms with Crippen LogP contribution < -0.4 is 10.1 Å². The first-order chi connectivity index (χ1) is 10.1. The smallest absolute Gasteiger partial charge is 0.265 e. The van der Waals surface area contributed by atoms with Crippen molar-refractivity contribution < 1.29 is 9.53 Å². The summed E-state index contributed by atoms with van der Waals surface area (Å²) in [6.45, 7) is 3.63. The lowest BCUT2D eigenvalue weighted by molar-refractivity contribution is -0.122. The molecule has 0 aliphatic heterocycles. The fraction of sp³-hybridized carbons (Fsp3) is 0.176. The number of nitrogens with zero attached hydrogens (tertiary/aromatic N) is 1. The molecule has 4 nitrogen and oxygen atoms in total. The van der Waals surface area contributed by atoms with E-state index in [0.29, 0.717) is 17.0 Å². The van der Waals surface area contributed by atoms with Gasteiger partial charge < -0.3 is 10.1 Å². The number of hydrogen-bond donors (Lipinski definition) is 1. The Kier molecular flexibility index (Phi) is 4.57. The van der Waals surface area contributed by atoms with Crippen molar-refractivity contribution in [1.29, 1.82) is 5.26 Å². The fourth-order valence-electron chi connectivity index (χ4n) is 1.80. The van der Waals surface area contributed by atoms with Crippen LogP contribution in [0.15, 0.2) is 48.5 Å². The summed E-state index contributed by atoms with van der Waals surface area (Å²) < 4.78 is 5.66. The second kappa shape index (κ2) is 6.58. The van der Waals surface area contributed by atoms with E-state index in [1.54, 1.807) is 31.2 Å². The summed E-state index contributed by atoms with van der Waals surface area (Å²) in [5.74, 6) is 0.461. The van der Waals surface area contributed by atoms with Crippen molar-refractivity contribution in [2.75, 3.05) is 5.32 Å². The molecule has 0 saturated carbocycles. The highest BCUT2D eigenvalue weighted by Crippen LogP contribution is 2.18. The number of amides is 1. The lowest BCUT2D eigenvalue weighted by Gasteiger charge is -2.16. The van der Waals surface area contributed by atoms with Crippen LogP contribution in [0.3, 0.4) is 0 Å². The van der Waals surface area contributed by atoms with E-state index < -0.39 is 6.10 Å². The predicted octanol–water partition coefficient (Wildman–Crippen LogP) is 3.27. The van der Waals surface area contributed by atoms with E-state index in [0.717, 1.165) is 5.56 Å². The van der Waals surface area contributed by atoms with Gasteiger partial charge in [0.15, 0.2) is 6.10 Å². The van der Waals surface area contributed by atoms with Gasteiger partial charge in [-0.25, -0.2) is 0 Å². The Labute approximate surface area is 124 Å². The number of ether oxygens (including phenoxy) is 1. The Balaban J connectivity index is 1.99. The van der Waals surface area contributed by atoms with Gasteiger partial charge in [-0.3, -0.25) is 4.79 Å². The number of nitrogens with one attached hydrogen (secondary N) is 1. The van der Waals surface area contributed by atoms with E-state index in [1.807, 2.05) is 37.3 Å². The highest BCUT2D eigenvalue weighted by Gasteiger charge is 2.15. The minimum absolute atomic E-state index is 0.233. The Bertz CT molecular complexity index is 672. The molecule has 21 heavy (non-hydrogen) atoms. The number of rotatable bonds is 4. The Morgan fingerprint density at radius 2 is 1.86 bits per heavy atom.